The average molecular weight is 308 g/mol. The number of rotatable bonds is 1. The van der Waals surface area contributed by atoms with E-state index in [1.54, 1.807) is 0 Å². The fourth-order valence-electron chi connectivity index (χ4n) is 1.73. The van der Waals surface area contributed by atoms with Crippen LogP contribution in [0.15, 0.2) is 30.3 Å². The van der Waals surface area contributed by atoms with Gasteiger partial charge in [0.25, 0.3) is 0 Å². The molecule has 0 atom stereocenters. The van der Waals surface area contributed by atoms with Crippen LogP contribution in [0, 0.1) is 11.6 Å². The maximum Gasteiger partial charge on any atom is 0.419 e. The second-order valence-corrected chi connectivity index (χ2v) is 4.45. The summed E-state index contributed by atoms with van der Waals surface area (Å²) in [6.45, 7) is 0. The summed E-state index contributed by atoms with van der Waals surface area (Å²) in [4.78, 5) is 0. The second kappa shape index (κ2) is 4.94. The van der Waals surface area contributed by atoms with E-state index in [-0.39, 0.29) is 21.8 Å². The Morgan fingerprint density at radius 1 is 1.00 bits per heavy atom. The van der Waals surface area contributed by atoms with Gasteiger partial charge < -0.3 is 5.73 Å². The van der Waals surface area contributed by atoms with Crippen molar-refractivity contribution < 1.29 is 22.0 Å². The molecule has 0 aromatic heterocycles. The molecular weight excluding hydrogens is 301 g/mol. The maximum atomic E-state index is 13.3. The van der Waals surface area contributed by atoms with Crippen LogP contribution in [0.2, 0.25) is 5.02 Å². The summed E-state index contributed by atoms with van der Waals surface area (Å²) >= 11 is 5.67. The molecule has 106 valence electrons. The van der Waals surface area contributed by atoms with Crippen LogP contribution < -0.4 is 5.73 Å². The summed E-state index contributed by atoms with van der Waals surface area (Å²) in [5.41, 5.74) is 3.98. The topological polar surface area (TPSA) is 26.0 Å². The summed E-state index contributed by atoms with van der Waals surface area (Å²) in [5, 5.41) is -0.127. The molecule has 2 aromatic carbocycles. The Hall–Kier alpha value is -1.82. The second-order valence-electron chi connectivity index (χ2n) is 4.04. The number of nitrogen functional groups attached to an aromatic ring is 1. The maximum absolute atomic E-state index is 13.3. The molecule has 1 nitrogen and oxygen atoms in total. The normalized spacial score (nSPS) is 11.7. The van der Waals surface area contributed by atoms with Crippen LogP contribution in [0.3, 0.4) is 0 Å². The van der Waals surface area contributed by atoms with Crippen LogP contribution in [-0.4, -0.2) is 0 Å². The van der Waals surface area contributed by atoms with Gasteiger partial charge in [-0.1, -0.05) is 17.7 Å². The van der Waals surface area contributed by atoms with E-state index in [4.69, 9.17) is 17.3 Å². The van der Waals surface area contributed by atoms with Crippen LogP contribution in [0.4, 0.5) is 27.6 Å². The molecule has 0 unspecified atom stereocenters. The Kier molecular flexibility index (Phi) is 3.60. The van der Waals surface area contributed by atoms with Gasteiger partial charge in [0.2, 0.25) is 0 Å². The number of benzene rings is 2. The highest BCUT2D eigenvalue weighted by Gasteiger charge is 2.34. The largest absolute Gasteiger partial charge is 0.419 e. The number of hydrogen-bond donors (Lipinski definition) is 1. The molecule has 2 aromatic rings. The number of hydrogen-bond acceptors (Lipinski definition) is 1. The van der Waals surface area contributed by atoms with E-state index in [1.165, 1.54) is 0 Å². The zero-order valence-corrected chi connectivity index (χ0v) is 10.5. The van der Waals surface area contributed by atoms with Gasteiger partial charge >= 0.3 is 6.18 Å². The molecule has 2 N–H and O–H groups in total. The molecule has 0 bridgehead atoms. The van der Waals surface area contributed by atoms with E-state index in [0.717, 1.165) is 18.2 Å². The summed E-state index contributed by atoms with van der Waals surface area (Å²) in [5.74, 6) is -2.17. The van der Waals surface area contributed by atoms with Crippen molar-refractivity contribution in [1.82, 2.24) is 0 Å². The SMILES string of the molecule is Nc1c(Cl)cc(F)cc1-c1ccc(F)c(C(F)(F)F)c1. The minimum atomic E-state index is -4.86. The quantitative estimate of drug-likeness (QED) is 0.589. The number of alkyl halides is 3. The Morgan fingerprint density at radius 3 is 2.25 bits per heavy atom. The number of anilines is 1. The van der Waals surface area contributed by atoms with Crippen molar-refractivity contribution in [2.75, 3.05) is 5.73 Å². The van der Waals surface area contributed by atoms with Gasteiger partial charge in [-0.15, -0.1) is 0 Å². The lowest BCUT2D eigenvalue weighted by Gasteiger charge is -2.12. The van der Waals surface area contributed by atoms with Crippen LogP contribution in [0.5, 0.6) is 0 Å². The first kappa shape index (κ1) is 14.6. The van der Waals surface area contributed by atoms with Gasteiger partial charge in [0.05, 0.1) is 16.3 Å². The molecule has 20 heavy (non-hydrogen) atoms. The van der Waals surface area contributed by atoms with Crippen molar-refractivity contribution >= 4 is 17.3 Å². The predicted octanol–water partition coefficient (Wildman–Crippen LogP) is 4.89. The monoisotopic (exact) mass is 307 g/mol. The first-order valence-electron chi connectivity index (χ1n) is 5.32. The van der Waals surface area contributed by atoms with Gasteiger partial charge in [0, 0.05) is 5.56 Å². The van der Waals surface area contributed by atoms with Crippen LogP contribution >= 0.6 is 11.6 Å². The van der Waals surface area contributed by atoms with Crippen molar-refractivity contribution in [1.29, 1.82) is 0 Å². The summed E-state index contributed by atoms with van der Waals surface area (Å²) in [6.07, 6.45) is -4.86. The molecule has 0 fully saturated rings. The highest BCUT2D eigenvalue weighted by Crippen LogP contribution is 2.37. The molecule has 0 aliphatic carbocycles. The fraction of sp³-hybridized carbons (Fsp3) is 0.0769. The summed E-state index contributed by atoms with van der Waals surface area (Å²) in [6, 6.07) is 4.17. The number of nitrogens with two attached hydrogens (primary N) is 1. The zero-order valence-electron chi connectivity index (χ0n) is 9.73. The smallest absolute Gasteiger partial charge is 0.397 e. The summed E-state index contributed by atoms with van der Waals surface area (Å²) in [7, 11) is 0. The molecule has 2 rings (SSSR count). The molecule has 0 aliphatic rings. The summed E-state index contributed by atoms with van der Waals surface area (Å²) < 4.78 is 64.4. The predicted molar refractivity (Wildman–Crippen MR) is 66.2 cm³/mol. The zero-order chi connectivity index (χ0) is 15.1. The highest BCUT2D eigenvalue weighted by molar-refractivity contribution is 6.33. The van der Waals surface area contributed by atoms with Gasteiger partial charge in [-0.05, 0) is 29.8 Å². The highest BCUT2D eigenvalue weighted by atomic mass is 35.5. The molecule has 0 aliphatic heterocycles. The lowest BCUT2D eigenvalue weighted by atomic mass is 10.0. The van der Waals surface area contributed by atoms with Crippen molar-refractivity contribution in [2.45, 2.75) is 6.18 Å². The van der Waals surface area contributed by atoms with Gasteiger partial charge in [0.1, 0.15) is 11.6 Å². The van der Waals surface area contributed by atoms with Gasteiger partial charge in [-0.3, -0.25) is 0 Å². The Morgan fingerprint density at radius 2 is 1.65 bits per heavy atom. The van der Waals surface area contributed by atoms with Gasteiger partial charge in [-0.2, -0.15) is 13.2 Å². The van der Waals surface area contributed by atoms with Crippen LogP contribution in [0.25, 0.3) is 11.1 Å². The molecule has 0 amide bonds. The first-order chi connectivity index (χ1) is 9.20. The third-order valence-corrected chi connectivity index (χ3v) is 2.99. The fourth-order valence-corrected chi connectivity index (χ4v) is 1.94. The first-order valence-corrected chi connectivity index (χ1v) is 5.69. The standard InChI is InChI=1S/C13H7ClF5N/c14-10-5-7(15)4-8(12(10)20)6-1-2-11(16)9(3-6)13(17,18)19/h1-5H,20H2. The molecule has 0 radical (unpaired) electrons. The molecule has 0 saturated heterocycles. The van der Waals surface area contributed by atoms with E-state index in [0.29, 0.717) is 12.1 Å². The molecular formula is C13H7ClF5N. The van der Waals surface area contributed by atoms with Crippen LogP contribution in [-0.2, 0) is 6.18 Å². The lowest BCUT2D eigenvalue weighted by molar-refractivity contribution is -0.139. The van der Waals surface area contributed by atoms with Crippen molar-refractivity contribution in [3.63, 3.8) is 0 Å². The van der Waals surface area contributed by atoms with E-state index >= 15 is 0 Å². The van der Waals surface area contributed by atoms with Crippen molar-refractivity contribution in [3.8, 4) is 11.1 Å². The minimum Gasteiger partial charge on any atom is -0.397 e. The number of halogens is 6. The van der Waals surface area contributed by atoms with Crippen LogP contribution in [0.1, 0.15) is 5.56 Å². The molecule has 0 heterocycles. The third kappa shape index (κ3) is 2.70. The van der Waals surface area contributed by atoms with Crippen molar-refractivity contribution in [3.05, 3.63) is 52.6 Å². The van der Waals surface area contributed by atoms with Gasteiger partial charge in [-0.25, -0.2) is 8.78 Å². The Bertz CT molecular complexity index is 667. The van der Waals surface area contributed by atoms with E-state index < -0.39 is 23.4 Å². The third-order valence-electron chi connectivity index (χ3n) is 2.68. The van der Waals surface area contributed by atoms with E-state index in [1.807, 2.05) is 0 Å². The Labute approximate surface area is 115 Å². The van der Waals surface area contributed by atoms with E-state index in [2.05, 4.69) is 0 Å². The van der Waals surface area contributed by atoms with E-state index in [9.17, 15) is 22.0 Å². The average Bonchev–Trinajstić information content (AvgIpc) is 2.33. The Balaban J connectivity index is 2.66. The molecule has 0 spiro atoms. The lowest BCUT2D eigenvalue weighted by Crippen LogP contribution is -2.08. The minimum absolute atomic E-state index is 0.0273. The molecule has 0 saturated carbocycles. The van der Waals surface area contributed by atoms with Crippen molar-refractivity contribution in [2.24, 2.45) is 0 Å². The molecule has 7 heteroatoms. The van der Waals surface area contributed by atoms with Gasteiger partial charge in [0.15, 0.2) is 0 Å².